The van der Waals surface area contributed by atoms with E-state index in [1.54, 1.807) is 0 Å². The molecule has 5 nitrogen and oxygen atoms in total. The fraction of sp³-hybridized carbons (Fsp3) is 0.846. The van der Waals surface area contributed by atoms with Crippen LogP contribution in [0.1, 0.15) is 47.5 Å². The minimum absolute atomic E-state index is 0.0203. The number of rotatable bonds is 7. The van der Waals surface area contributed by atoms with Crippen LogP contribution in [0.25, 0.3) is 0 Å². The van der Waals surface area contributed by atoms with Gasteiger partial charge in [0.15, 0.2) is 0 Å². The van der Waals surface area contributed by atoms with Crippen LogP contribution < -0.4 is 10.6 Å². The number of carboxylic acids is 1. The molecule has 0 aromatic rings. The van der Waals surface area contributed by atoms with Crippen LogP contribution in [0.15, 0.2) is 0 Å². The van der Waals surface area contributed by atoms with Gasteiger partial charge in [-0.2, -0.15) is 0 Å². The van der Waals surface area contributed by atoms with Crippen molar-refractivity contribution in [3.8, 4) is 0 Å². The lowest BCUT2D eigenvalue weighted by Gasteiger charge is -2.25. The van der Waals surface area contributed by atoms with Crippen LogP contribution in [0.2, 0.25) is 0 Å². The monoisotopic (exact) mass is 258 g/mol. The fourth-order valence-corrected chi connectivity index (χ4v) is 1.32. The van der Waals surface area contributed by atoms with Gasteiger partial charge >= 0.3 is 12.0 Å². The fourth-order valence-electron chi connectivity index (χ4n) is 1.32. The second-order valence-electron chi connectivity index (χ2n) is 5.55. The van der Waals surface area contributed by atoms with E-state index in [0.717, 1.165) is 6.42 Å². The molecule has 0 rings (SSSR count). The number of hydrogen-bond donors (Lipinski definition) is 3. The van der Waals surface area contributed by atoms with Crippen molar-refractivity contribution in [2.45, 2.75) is 53.5 Å². The van der Waals surface area contributed by atoms with Crippen LogP contribution in [0, 0.1) is 11.3 Å². The summed E-state index contributed by atoms with van der Waals surface area (Å²) in [7, 11) is 0. The van der Waals surface area contributed by atoms with Gasteiger partial charge < -0.3 is 15.7 Å². The molecule has 0 aliphatic rings. The van der Waals surface area contributed by atoms with E-state index in [0.29, 0.717) is 13.0 Å². The van der Waals surface area contributed by atoms with Gasteiger partial charge in [0.25, 0.3) is 0 Å². The smallest absolute Gasteiger partial charge is 0.326 e. The van der Waals surface area contributed by atoms with Crippen LogP contribution in [-0.2, 0) is 4.79 Å². The third-order valence-corrected chi connectivity index (χ3v) is 3.45. The van der Waals surface area contributed by atoms with Gasteiger partial charge in [-0.15, -0.1) is 0 Å². The van der Waals surface area contributed by atoms with E-state index in [2.05, 4.69) is 31.4 Å². The van der Waals surface area contributed by atoms with Gasteiger partial charge in [-0.1, -0.05) is 41.0 Å². The first kappa shape index (κ1) is 16.7. The first-order valence-electron chi connectivity index (χ1n) is 6.50. The van der Waals surface area contributed by atoms with Crippen molar-refractivity contribution in [3.05, 3.63) is 0 Å². The van der Waals surface area contributed by atoms with Crippen LogP contribution in [0.3, 0.4) is 0 Å². The molecular formula is C13H26N2O3. The molecule has 0 radical (unpaired) electrons. The Bertz CT molecular complexity index is 290. The Balaban J connectivity index is 4.32. The average molecular weight is 258 g/mol. The standard InChI is InChI=1S/C13H26N2O3/c1-6-9(3)10(11(16)17)15-12(18)14-8-13(4,5)7-2/h9-10H,6-8H2,1-5H3,(H,16,17)(H2,14,15,18). The lowest BCUT2D eigenvalue weighted by Crippen LogP contribution is -2.50. The molecule has 0 aromatic heterocycles. The summed E-state index contributed by atoms with van der Waals surface area (Å²) in [6.45, 7) is 10.4. The maximum Gasteiger partial charge on any atom is 0.326 e. The summed E-state index contributed by atoms with van der Waals surface area (Å²) in [5.74, 6) is -1.08. The molecule has 0 spiro atoms. The molecule has 0 fully saturated rings. The maximum absolute atomic E-state index is 11.7. The average Bonchev–Trinajstić information content (AvgIpc) is 2.32. The summed E-state index contributed by atoms with van der Waals surface area (Å²) in [6.07, 6.45) is 1.65. The number of carbonyl (C=O) groups is 2. The number of carboxylic acid groups (broad SMARTS) is 1. The minimum Gasteiger partial charge on any atom is -0.480 e. The number of aliphatic carboxylic acids is 1. The van der Waals surface area contributed by atoms with Crippen LogP contribution in [-0.4, -0.2) is 29.7 Å². The highest BCUT2D eigenvalue weighted by Gasteiger charge is 2.25. The zero-order chi connectivity index (χ0) is 14.3. The highest BCUT2D eigenvalue weighted by Crippen LogP contribution is 2.17. The summed E-state index contributed by atoms with van der Waals surface area (Å²) >= 11 is 0. The summed E-state index contributed by atoms with van der Waals surface area (Å²) in [6, 6.07) is -1.25. The predicted molar refractivity (Wildman–Crippen MR) is 71.5 cm³/mol. The molecule has 0 aromatic carbocycles. The van der Waals surface area contributed by atoms with Gasteiger partial charge in [0.05, 0.1) is 0 Å². The lowest BCUT2D eigenvalue weighted by molar-refractivity contribution is -0.140. The quantitative estimate of drug-likeness (QED) is 0.655. The Labute approximate surface area is 109 Å². The molecule has 3 N–H and O–H groups in total. The highest BCUT2D eigenvalue weighted by atomic mass is 16.4. The van der Waals surface area contributed by atoms with Crippen molar-refractivity contribution in [1.29, 1.82) is 0 Å². The molecule has 0 bridgehead atoms. The largest absolute Gasteiger partial charge is 0.480 e. The van der Waals surface area contributed by atoms with E-state index in [9.17, 15) is 9.59 Å². The molecule has 0 aliphatic carbocycles. The molecular weight excluding hydrogens is 232 g/mol. The van der Waals surface area contributed by atoms with Gasteiger partial charge in [-0.3, -0.25) is 0 Å². The third kappa shape index (κ3) is 5.89. The van der Waals surface area contributed by atoms with Crippen molar-refractivity contribution in [2.75, 3.05) is 6.54 Å². The normalized spacial score (nSPS) is 14.7. The lowest BCUT2D eigenvalue weighted by atomic mass is 9.90. The molecule has 0 heterocycles. The summed E-state index contributed by atoms with van der Waals surface area (Å²) in [4.78, 5) is 22.7. The van der Waals surface area contributed by atoms with Crippen molar-refractivity contribution >= 4 is 12.0 Å². The van der Waals surface area contributed by atoms with E-state index in [4.69, 9.17) is 5.11 Å². The first-order chi connectivity index (χ1) is 8.23. The zero-order valence-corrected chi connectivity index (χ0v) is 12.0. The third-order valence-electron chi connectivity index (χ3n) is 3.45. The molecule has 0 saturated heterocycles. The Morgan fingerprint density at radius 1 is 1.28 bits per heavy atom. The van der Waals surface area contributed by atoms with E-state index >= 15 is 0 Å². The van der Waals surface area contributed by atoms with Gasteiger partial charge in [0, 0.05) is 6.54 Å². The second kappa shape index (κ2) is 7.24. The molecule has 18 heavy (non-hydrogen) atoms. The minimum atomic E-state index is -0.991. The van der Waals surface area contributed by atoms with Crippen molar-refractivity contribution in [2.24, 2.45) is 11.3 Å². The maximum atomic E-state index is 11.7. The van der Waals surface area contributed by atoms with Crippen LogP contribution in [0.4, 0.5) is 4.79 Å². The SMILES string of the molecule is CCC(C)C(NC(=O)NCC(C)(C)CC)C(=O)O. The van der Waals surface area contributed by atoms with Crippen LogP contribution >= 0.6 is 0 Å². The topological polar surface area (TPSA) is 78.4 Å². The molecule has 0 saturated carbocycles. The Morgan fingerprint density at radius 2 is 1.83 bits per heavy atom. The van der Waals surface area contributed by atoms with Crippen molar-refractivity contribution < 1.29 is 14.7 Å². The molecule has 2 unspecified atom stereocenters. The summed E-state index contributed by atoms with van der Waals surface area (Å²) < 4.78 is 0. The Morgan fingerprint density at radius 3 is 2.22 bits per heavy atom. The number of carbonyl (C=O) groups excluding carboxylic acids is 1. The Hall–Kier alpha value is -1.26. The van der Waals surface area contributed by atoms with E-state index in [-0.39, 0.29) is 11.3 Å². The molecule has 0 aliphatic heterocycles. The van der Waals surface area contributed by atoms with Gasteiger partial charge in [-0.05, 0) is 17.8 Å². The van der Waals surface area contributed by atoms with E-state index in [1.165, 1.54) is 0 Å². The number of urea groups is 1. The Kier molecular flexibility index (Phi) is 6.73. The molecule has 5 heteroatoms. The van der Waals surface area contributed by atoms with Crippen LogP contribution in [0.5, 0.6) is 0 Å². The summed E-state index contributed by atoms with van der Waals surface area (Å²) in [5.41, 5.74) is 0.0203. The second-order valence-corrected chi connectivity index (χ2v) is 5.55. The summed E-state index contributed by atoms with van der Waals surface area (Å²) in [5, 5.41) is 14.3. The number of amides is 2. The van der Waals surface area contributed by atoms with E-state index in [1.807, 2.05) is 13.8 Å². The first-order valence-corrected chi connectivity index (χ1v) is 6.50. The molecule has 106 valence electrons. The van der Waals surface area contributed by atoms with Crippen molar-refractivity contribution in [1.82, 2.24) is 10.6 Å². The molecule has 2 amide bonds. The van der Waals surface area contributed by atoms with E-state index < -0.39 is 18.0 Å². The van der Waals surface area contributed by atoms with Gasteiger partial charge in [-0.25, -0.2) is 9.59 Å². The number of hydrogen-bond acceptors (Lipinski definition) is 2. The van der Waals surface area contributed by atoms with Crippen molar-refractivity contribution in [3.63, 3.8) is 0 Å². The predicted octanol–water partition coefficient (Wildman–Crippen LogP) is 2.22. The highest BCUT2D eigenvalue weighted by molar-refractivity contribution is 5.82. The number of nitrogens with one attached hydrogen (secondary N) is 2. The van der Waals surface area contributed by atoms with Gasteiger partial charge in [0.1, 0.15) is 6.04 Å². The zero-order valence-electron chi connectivity index (χ0n) is 12.0. The molecule has 2 atom stereocenters. The van der Waals surface area contributed by atoms with Gasteiger partial charge in [0.2, 0.25) is 0 Å².